The van der Waals surface area contributed by atoms with E-state index in [0.29, 0.717) is 12.0 Å². The molecule has 0 aliphatic carbocycles. The average molecular weight is 282 g/mol. The molecule has 0 aliphatic rings. The van der Waals surface area contributed by atoms with Crippen LogP contribution in [0.5, 0.6) is 0 Å². The standard InChI is InChI=1S/C16H30N2S/c1-5-7-8-9-10-14(17-11-6-2)16-18-15(12-19-16)13(3)4/h12-14,17H,5-11H2,1-4H3. The van der Waals surface area contributed by atoms with E-state index >= 15 is 0 Å². The predicted molar refractivity (Wildman–Crippen MR) is 86.0 cm³/mol. The van der Waals surface area contributed by atoms with Gasteiger partial charge in [0.25, 0.3) is 0 Å². The van der Waals surface area contributed by atoms with Crippen molar-refractivity contribution in [3.63, 3.8) is 0 Å². The van der Waals surface area contributed by atoms with Gasteiger partial charge in [0.15, 0.2) is 0 Å². The summed E-state index contributed by atoms with van der Waals surface area (Å²) in [6.45, 7) is 10.0. The Morgan fingerprint density at radius 3 is 2.53 bits per heavy atom. The molecule has 1 aromatic heterocycles. The zero-order valence-electron chi connectivity index (χ0n) is 13.0. The smallest absolute Gasteiger partial charge is 0.110 e. The van der Waals surface area contributed by atoms with Crippen molar-refractivity contribution in [1.82, 2.24) is 10.3 Å². The minimum absolute atomic E-state index is 0.467. The van der Waals surface area contributed by atoms with E-state index in [0.717, 1.165) is 6.54 Å². The second-order valence-corrected chi connectivity index (χ2v) is 6.51. The van der Waals surface area contributed by atoms with Crippen LogP contribution in [0.4, 0.5) is 0 Å². The molecule has 0 radical (unpaired) electrons. The molecule has 1 atom stereocenters. The first kappa shape index (κ1) is 16.6. The van der Waals surface area contributed by atoms with E-state index in [1.165, 1.54) is 49.2 Å². The Kier molecular flexibility index (Phi) is 8.31. The van der Waals surface area contributed by atoms with E-state index in [2.05, 4.69) is 38.4 Å². The normalized spacial score (nSPS) is 13.1. The molecule has 0 bridgehead atoms. The summed E-state index contributed by atoms with van der Waals surface area (Å²) in [6.07, 6.45) is 7.74. The Balaban J connectivity index is 2.55. The predicted octanol–water partition coefficient (Wildman–Crippen LogP) is 5.28. The quantitative estimate of drug-likeness (QED) is 0.591. The molecule has 3 heteroatoms. The Morgan fingerprint density at radius 2 is 1.95 bits per heavy atom. The maximum Gasteiger partial charge on any atom is 0.110 e. The van der Waals surface area contributed by atoms with E-state index in [-0.39, 0.29) is 0 Å². The van der Waals surface area contributed by atoms with Gasteiger partial charge in [-0.05, 0) is 25.3 Å². The lowest BCUT2D eigenvalue weighted by Gasteiger charge is -2.16. The molecule has 2 nitrogen and oxygen atoms in total. The van der Waals surface area contributed by atoms with Crippen LogP contribution in [0.1, 0.15) is 88.9 Å². The summed E-state index contributed by atoms with van der Waals surface area (Å²) in [7, 11) is 0. The highest BCUT2D eigenvalue weighted by molar-refractivity contribution is 7.09. The largest absolute Gasteiger partial charge is 0.308 e. The molecular formula is C16H30N2S. The van der Waals surface area contributed by atoms with E-state index in [9.17, 15) is 0 Å². The van der Waals surface area contributed by atoms with Crippen molar-refractivity contribution >= 4 is 11.3 Å². The van der Waals surface area contributed by atoms with Gasteiger partial charge >= 0.3 is 0 Å². The first-order valence-electron chi connectivity index (χ1n) is 7.87. The maximum absolute atomic E-state index is 4.82. The maximum atomic E-state index is 4.82. The van der Waals surface area contributed by atoms with Crippen molar-refractivity contribution in [2.45, 2.75) is 78.2 Å². The molecule has 1 heterocycles. The minimum atomic E-state index is 0.467. The van der Waals surface area contributed by atoms with Crippen LogP contribution in [0.2, 0.25) is 0 Å². The highest BCUT2D eigenvalue weighted by Gasteiger charge is 2.15. The van der Waals surface area contributed by atoms with Crippen molar-refractivity contribution in [2.75, 3.05) is 6.54 Å². The molecule has 1 unspecified atom stereocenters. The highest BCUT2D eigenvalue weighted by atomic mass is 32.1. The van der Waals surface area contributed by atoms with E-state index in [1.807, 2.05) is 11.3 Å². The second-order valence-electron chi connectivity index (χ2n) is 5.62. The summed E-state index contributed by atoms with van der Waals surface area (Å²) in [5.41, 5.74) is 1.25. The van der Waals surface area contributed by atoms with Gasteiger partial charge in [0.1, 0.15) is 5.01 Å². The third kappa shape index (κ3) is 6.05. The third-order valence-electron chi connectivity index (χ3n) is 3.42. The SMILES string of the molecule is CCCCCCC(NCCC)c1nc(C(C)C)cs1. The molecule has 0 aromatic carbocycles. The number of unbranched alkanes of at least 4 members (excludes halogenated alkanes) is 3. The van der Waals surface area contributed by atoms with Crippen LogP contribution in [0, 0.1) is 0 Å². The number of nitrogens with zero attached hydrogens (tertiary/aromatic N) is 1. The fourth-order valence-electron chi connectivity index (χ4n) is 2.13. The molecule has 0 spiro atoms. The van der Waals surface area contributed by atoms with Crippen molar-refractivity contribution in [3.05, 3.63) is 16.1 Å². The first-order chi connectivity index (χ1) is 9.19. The topological polar surface area (TPSA) is 24.9 Å². The molecule has 1 aromatic rings. The zero-order chi connectivity index (χ0) is 14.1. The van der Waals surface area contributed by atoms with Gasteiger partial charge in [-0.2, -0.15) is 0 Å². The second kappa shape index (κ2) is 9.49. The number of aromatic nitrogens is 1. The van der Waals surface area contributed by atoms with Crippen molar-refractivity contribution in [3.8, 4) is 0 Å². The van der Waals surface area contributed by atoms with Gasteiger partial charge in [0.2, 0.25) is 0 Å². The highest BCUT2D eigenvalue weighted by Crippen LogP contribution is 2.26. The van der Waals surface area contributed by atoms with Crippen LogP contribution in [0.3, 0.4) is 0 Å². The van der Waals surface area contributed by atoms with E-state index in [4.69, 9.17) is 4.98 Å². The number of hydrogen-bond donors (Lipinski definition) is 1. The minimum Gasteiger partial charge on any atom is -0.308 e. The van der Waals surface area contributed by atoms with Crippen LogP contribution >= 0.6 is 11.3 Å². The van der Waals surface area contributed by atoms with E-state index < -0.39 is 0 Å². The van der Waals surface area contributed by atoms with Crippen molar-refractivity contribution in [2.24, 2.45) is 0 Å². The molecule has 0 aliphatic heterocycles. The monoisotopic (exact) mass is 282 g/mol. The fourth-order valence-corrected chi connectivity index (χ4v) is 3.22. The van der Waals surface area contributed by atoms with Gasteiger partial charge in [-0.25, -0.2) is 4.98 Å². The number of hydrogen-bond acceptors (Lipinski definition) is 3. The van der Waals surface area contributed by atoms with Crippen LogP contribution in [-0.4, -0.2) is 11.5 Å². The van der Waals surface area contributed by atoms with Crippen LogP contribution in [0.25, 0.3) is 0 Å². The number of rotatable bonds is 10. The summed E-state index contributed by atoms with van der Waals surface area (Å²) >= 11 is 1.83. The fraction of sp³-hybridized carbons (Fsp3) is 0.812. The lowest BCUT2D eigenvalue weighted by molar-refractivity contribution is 0.468. The van der Waals surface area contributed by atoms with Crippen LogP contribution in [-0.2, 0) is 0 Å². The molecule has 0 fully saturated rings. The summed E-state index contributed by atoms with van der Waals surface area (Å²) in [5.74, 6) is 0.539. The molecule has 19 heavy (non-hydrogen) atoms. The molecule has 0 saturated heterocycles. The molecule has 110 valence electrons. The molecule has 1 rings (SSSR count). The molecule has 1 N–H and O–H groups in total. The molecule has 0 amide bonds. The Hall–Kier alpha value is -0.410. The van der Waals surface area contributed by atoms with Crippen molar-refractivity contribution in [1.29, 1.82) is 0 Å². The van der Waals surface area contributed by atoms with E-state index in [1.54, 1.807) is 0 Å². The van der Waals surface area contributed by atoms with Gasteiger partial charge in [-0.3, -0.25) is 0 Å². The van der Waals surface area contributed by atoms with Crippen LogP contribution in [0.15, 0.2) is 5.38 Å². The molecular weight excluding hydrogens is 252 g/mol. The van der Waals surface area contributed by atoms with Crippen LogP contribution < -0.4 is 5.32 Å². The lowest BCUT2D eigenvalue weighted by Crippen LogP contribution is -2.22. The number of thiazole rings is 1. The Bertz CT molecular complexity index is 333. The van der Waals surface area contributed by atoms with Crippen molar-refractivity contribution < 1.29 is 0 Å². The van der Waals surface area contributed by atoms with Gasteiger partial charge < -0.3 is 5.32 Å². The summed E-state index contributed by atoms with van der Waals surface area (Å²) in [5, 5.41) is 7.18. The summed E-state index contributed by atoms with van der Waals surface area (Å²) in [4.78, 5) is 4.82. The van der Waals surface area contributed by atoms with Gasteiger partial charge in [-0.15, -0.1) is 11.3 Å². The number of nitrogens with one attached hydrogen (secondary N) is 1. The lowest BCUT2D eigenvalue weighted by atomic mass is 10.1. The van der Waals surface area contributed by atoms with Gasteiger partial charge in [0, 0.05) is 5.38 Å². The molecule has 0 saturated carbocycles. The summed E-state index contributed by atoms with van der Waals surface area (Å²) in [6, 6.07) is 0.467. The zero-order valence-corrected chi connectivity index (χ0v) is 13.9. The summed E-state index contributed by atoms with van der Waals surface area (Å²) < 4.78 is 0. The first-order valence-corrected chi connectivity index (χ1v) is 8.75. The van der Waals surface area contributed by atoms with Gasteiger partial charge in [0.05, 0.1) is 11.7 Å². The van der Waals surface area contributed by atoms with Gasteiger partial charge in [-0.1, -0.05) is 53.4 Å². The Morgan fingerprint density at radius 1 is 1.16 bits per heavy atom. The Labute approximate surface area is 123 Å². The third-order valence-corrected chi connectivity index (χ3v) is 4.39. The average Bonchev–Trinajstić information content (AvgIpc) is 2.87.